The molecule has 1 N–H and O–H groups in total. The molecule has 2 rings (SSSR count). The Labute approximate surface area is 157 Å². The van der Waals surface area contributed by atoms with Crippen molar-refractivity contribution in [1.82, 2.24) is 15.2 Å². The van der Waals surface area contributed by atoms with E-state index in [1.54, 1.807) is 36.1 Å². The number of hydrogen-bond acceptors (Lipinski definition) is 5. The maximum atomic E-state index is 11.8. The van der Waals surface area contributed by atoms with Crippen molar-refractivity contribution in [1.29, 1.82) is 0 Å². The number of carbonyl (C=O) groups excluding carboxylic acids is 1. The van der Waals surface area contributed by atoms with Crippen LogP contribution in [0, 0.1) is 6.92 Å². The molecule has 0 fully saturated rings. The zero-order valence-electron chi connectivity index (χ0n) is 15.2. The van der Waals surface area contributed by atoms with Crippen LogP contribution in [0.25, 0.3) is 0 Å². The minimum Gasteiger partial charge on any atom is -0.497 e. The van der Waals surface area contributed by atoms with Crippen LogP contribution in [0.4, 0.5) is 0 Å². The van der Waals surface area contributed by atoms with Crippen molar-refractivity contribution in [3.63, 3.8) is 0 Å². The number of hydrogen-bond donors (Lipinski definition) is 1. The molecule has 1 aromatic heterocycles. The number of carbonyl (C=O) groups is 1. The van der Waals surface area contributed by atoms with Crippen molar-refractivity contribution >= 4 is 23.7 Å². The van der Waals surface area contributed by atoms with Crippen LogP contribution >= 0.6 is 11.6 Å². The molecule has 0 saturated heterocycles. The Morgan fingerprint density at radius 1 is 1.35 bits per heavy atom. The molecule has 0 saturated carbocycles. The molecule has 0 spiro atoms. The summed E-state index contributed by atoms with van der Waals surface area (Å²) in [5.74, 6) is 0.920. The first-order valence-corrected chi connectivity index (χ1v) is 8.74. The summed E-state index contributed by atoms with van der Waals surface area (Å²) in [5.41, 5.74) is 3.87. The van der Waals surface area contributed by atoms with Crippen molar-refractivity contribution in [2.75, 3.05) is 13.7 Å². The largest absolute Gasteiger partial charge is 0.497 e. The number of aryl methyl sites for hydroxylation is 2. The molecule has 0 aliphatic heterocycles. The highest BCUT2D eigenvalue weighted by Crippen LogP contribution is 2.18. The summed E-state index contributed by atoms with van der Waals surface area (Å²) < 4.78 is 12.2. The Bertz CT molecular complexity index is 757. The quantitative estimate of drug-likeness (QED) is 0.537. The maximum absolute atomic E-state index is 11.8. The number of halogens is 1. The van der Waals surface area contributed by atoms with E-state index < -0.39 is 0 Å². The molecular formula is C18H23ClN4O3. The van der Waals surface area contributed by atoms with Gasteiger partial charge in [0.05, 0.1) is 24.6 Å². The molecule has 1 heterocycles. The van der Waals surface area contributed by atoms with Crippen molar-refractivity contribution < 1.29 is 14.3 Å². The number of hydrazone groups is 1. The molecule has 0 bridgehead atoms. The van der Waals surface area contributed by atoms with Crippen LogP contribution in [0.3, 0.4) is 0 Å². The van der Waals surface area contributed by atoms with E-state index in [-0.39, 0.29) is 12.5 Å². The fraction of sp³-hybridized carbons (Fsp3) is 0.389. The number of nitrogens with one attached hydrogen (secondary N) is 1. The third-order valence-electron chi connectivity index (χ3n) is 3.65. The van der Waals surface area contributed by atoms with Crippen LogP contribution < -0.4 is 14.9 Å². The van der Waals surface area contributed by atoms with E-state index in [1.165, 1.54) is 6.21 Å². The zero-order chi connectivity index (χ0) is 18.9. The van der Waals surface area contributed by atoms with E-state index in [4.69, 9.17) is 21.1 Å². The molecule has 1 aromatic carbocycles. The Morgan fingerprint density at radius 2 is 2.04 bits per heavy atom. The number of nitrogens with zero attached hydrogens (tertiary/aromatic N) is 3. The molecule has 0 atom stereocenters. The Morgan fingerprint density at radius 3 is 2.69 bits per heavy atom. The number of aromatic nitrogens is 2. The number of unbranched alkanes of at least 4 members (excludes halogenated alkanes) is 1. The predicted molar refractivity (Wildman–Crippen MR) is 101 cm³/mol. The van der Waals surface area contributed by atoms with E-state index in [0.717, 1.165) is 30.8 Å². The van der Waals surface area contributed by atoms with Crippen LogP contribution in [0.1, 0.15) is 31.0 Å². The Balaban J connectivity index is 1.85. The van der Waals surface area contributed by atoms with Gasteiger partial charge in [0, 0.05) is 6.54 Å². The molecule has 2 aromatic rings. The van der Waals surface area contributed by atoms with Crippen molar-refractivity contribution in [3.05, 3.63) is 40.7 Å². The summed E-state index contributed by atoms with van der Waals surface area (Å²) in [6.45, 7) is 4.57. The van der Waals surface area contributed by atoms with E-state index in [1.807, 2.05) is 6.92 Å². The lowest BCUT2D eigenvalue weighted by Crippen LogP contribution is -2.24. The smallest absolute Gasteiger partial charge is 0.277 e. The molecule has 7 nitrogen and oxygen atoms in total. The van der Waals surface area contributed by atoms with Crippen LogP contribution in [0.15, 0.2) is 29.4 Å². The lowest BCUT2D eigenvalue weighted by Gasteiger charge is -2.05. The highest BCUT2D eigenvalue weighted by Gasteiger charge is 2.11. The standard InChI is InChI=1S/C18H23ClN4O3/c1-4-5-10-23-18(19)16(13(2)22-23)11-20-21-17(24)12-26-15-8-6-14(25-3)7-9-15/h6-9,11H,4-5,10,12H2,1-3H3,(H,21,24)/b20-11-. The van der Waals surface area contributed by atoms with Crippen LogP contribution in [0.2, 0.25) is 5.15 Å². The molecular weight excluding hydrogens is 356 g/mol. The fourth-order valence-electron chi connectivity index (χ4n) is 2.19. The highest BCUT2D eigenvalue weighted by molar-refractivity contribution is 6.32. The minimum atomic E-state index is -0.371. The number of ether oxygens (including phenoxy) is 2. The normalized spacial score (nSPS) is 10.9. The van der Waals surface area contributed by atoms with Gasteiger partial charge in [0.1, 0.15) is 16.7 Å². The van der Waals surface area contributed by atoms with Gasteiger partial charge in [-0.25, -0.2) is 5.43 Å². The van der Waals surface area contributed by atoms with Gasteiger partial charge in [-0.05, 0) is 37.6 Å². The summed E-state index contributed by atoms with van der Waals surface area (Å²) in [6.07, 6.45) is 3.55. The molecule has 0 unspecified atom stereocenters. The number of rotatable bonds is 9. The maximum Gasteiger partial charge on any atom is 0.277 e. The van der Waals surface area contributed by atoms with Gasteiger partial charge in [-0.3, -0.25) is 9.48 Å². The second-order valence-corrected chi connectivity index (χ2v) is 5.98. The second-order valence-electron chi connectivity index (χ2n) is 5.62. The van der Waals surface area contributed by atoms with E-state index >= 15 is 0 Å². The predicted octanol–water partition coefficient (Wildman–Crippen LogP) is 3.18. The Hall–Kier alpha value is -2.54. The topological polar surface area (TPSA) is 77.7 Å². The molecule has 8 heteroatoms. The van der Waals surface area contributed by atoms with Gasteiger partial charge in [0.2, 0.25) is 0 Å². The summed E-state index contributed by atoms with van der Waals surface area (Å²) in [4.78, 5) is 11.8. The van der Waals surface area contributed by atoms with Crippen LogP contribution in [0.5, 0.6) is 11.5 Å². The molecule has 0 aliphatic carbocycles. The molecule has 0 aliphatic rings. The number of methoxy groups -OCH3 is 1. The first kappa shape index (κ1) is 19.8. The van der Waals surface area contributed by atoms with Crippen LogP contribution in [-0.4, -0.2) is 35.6 Å². The Kier molecular flexibility index (Phi) is 7.47. The summed E-state index contributed by atoms with van der Waals surface area (Å²) in [5, 5.41) is 8.83. The minimum absolute atomic E-state index is 0.147. The average molecular weight is 379 g/mol. The van der Waals surface area contributed by atoms with Gasteiger partial charge in [-0.1, -0.05) is 24.9 Å². The van der Waals surface area contributed by atoms with E-state index in [2.05, 4.69) is 22.5 Å². The van der Waals surface area contributed by atoms with Gasteiger partial charge >= 0.3 is 0 Å². The molecule has 140 valence electrons. The third kappa shape index (κ3) is 5.49. The summed E-state index contributed by atoms with van der Waals surface area (Å²) in [7, 11) is 1.59. The third-order valence-corrected chi connectivity index (χ3v) is 4.04. The average Bonchev–Trinajstić information content (AvgIpc) is 2.92. The van der Waals surface area contributed by atoms with Gasteiger partial charge in [0.25, 0.3) is 5.91 Å². The van der Waals surface area contributed by atoms with Gasteiger partial charge in [-0.2, -0.15) is 10.2 Å². The molecule has 26 heavy (non-hydrogen) atoms. The van der Waals surface area contributed by atoms with E-state index in [9.17, 15) is 4.79 Å². The van der Waals surface area contributed by atoms with Gasteiger partial charge in [0.15, 0.2) is 6.61 Å². The zero-order valence-corrected chi connectivity index (χ0v) is 15.9. The monoisotopic (exact) mass is 378 g/mol. The molecule has 1 amide bonds. The lowest BCUT2D eigenvalue weighted by atomic mass is 10.3. The van der Waals surface area contributed by atoms with Crippen molar-refractivity contribution in [3.8, 4) is 11.5 Å². The first-order valence-electron chi connectivity index (χ1n) is 8.36. The first-order chi connectivity index (χ1) is 12.5. The fourth-order valence-corrected chi connectivity index (χ4v) is 2.50. The summed E-state index contributed by atoms with van der Waals surface area (Å²) in [6, 6.07) is 6.96. The molecule has 0 radical (unpaired) electrons. The van der Waals surface area contributed by atoms with Crippen LogP contribution in [-0.2, 0) is 11.3 Å². The summed E-state index contributed by atoms with van der Waals surface area (Å²) >= 11 is 6.31. The highest BCUT2D eigenvalue weighted by atomic mass is 35.5. The number of benzene rings is 1. The van der Waals surface area contributed by atoms with Gasteiger partial charge < -0.3 is 9.47 Å². The van der Waals surface area contributed by atoms with Crippen molar-refractivity contribution in [2.24, 2.45) is 5.10 Å². The van der Waals surface area contributed by atoms with E-state index in [0.29, 0.717) is 16.5 Å². The lowest BCUT2D eigenvalue weighted by molar-refractivity contribution is -0.123. The number of amides is 1. The SMILES string of the molecule is CCCCn1nc(C)c(/C=N\NC(=O)COc2ccc(OC)cc2)c1Cl. The van der Waals surface area contributed by atoms with Gasteiger partial charge in [-0.15, -0.1) is 0 Å². The van der Waals surface area contributed by atoms with Crippen molar-refractivity contribution in [2.45, 2.75) is 33.2 Å². The second kappa shape index (κ2) is 9.82.